The van der Waals surface area contributed by atoms with Crippen molar-refractivity contribution in [3.05, 3.63) is 35.1 Å². The number of benzene rings is 1. The quantitative estimate of drug-likeness (QED) is 0.845. The molecule has 0 saturated carbocycles. The molecular formula is C12H14F3NO2. The summed E-state index contributed by atoms with van der Waals surface area (Å²) in [5, 5.41) is 9.54. The fraction of sp³-hybridized carbons (Fsp3) is 0.417. The fourth-order valence-corrected chi connectivity index (χ4v) is 1.55. The second kappa shape index (κ2) is 4.97. The highest BCUT2D eigenvalue weighted by atomic mass is 19.2. The van der Waals surface area contributed by atoms with Gasteiger partial charge in [-0.2, -0.15) is 0 Å². The van der Waals surface area contributed by atoms with Gasteiger partial charge in [-0.3, -0.25) is 4.79 Å². The Hall–Kier alpha value is -1.56. The number of hydrogen-bond acceptors (Lipinski definition) is 2. The van der Waals surface area contributed by atoms with Crippen LogP contribution in [0.3, 0.4) is 0 Å². The third-order valence-electron chi connectivity index (χ3n) is 2.20. The first-order valence-electron chi connectivity index (χ1n) is 5.24. The molecule has 0 aliphatic heterocycles. The van der Waals surface area contributed by atoms with Crippen molar-refractivity contribution in [3.63, 3.8) is 0 Å². The summed E-state index contributed by atoms with van der Waals surface area (Å²) in [6, 6.07) is 1.25. The maximum absolute atomic E-state index is 13.0. The Morgan fingerprint density at radius 1 is 1.28 bits per heavy atom. The summed E-state index contributed by atoms with van der Waals surface area (Å²) in [5.74, 6) is -5.16. The molecule has 0 fully saturated rings. The topological polar surface area (TPSA) is 40.5 Å². The lowest BCUT2D eigenvalue weighted by molar-refractivity contribution is 0.0367. The second-order valence-corrected chi connectivity index (χ2v) is 4.73. The average Bonchev–Trinajstić information content (AvgIpc) is 2.21. The number of halogens is 3. The third kappa shape index (κ3) is 3.46. The molecular weight excluding hydrogens is 247 g/mol. The van der Waals surface area contributed by atoms with Crippen molar-refractivity contribution < 1.29 is 23.1 Å². The molecule has 0 aliphatic carbocycles. The minimum absolute atomic E-state index is 0.0214. The van der Waals surface area contributed by atoms with Gasteiger partial charge < -0.3 is 10.0 Å². The Morgan fingerprint density at radius 2 is 1.72 bits per heavy atom. The van der Waals surface area contributed by atoms with E-state index in [-0.39, 0.29) is 12.1 Å². The van der Waals surface area contributed by atoms with Gasteiger partial charge in [-0.15, -0.1) is 0 Å². The molecule has 1 N–H and O–H groups in total. The molecule has 100 valence electrons. The van der Waals surface area contributed by atoms with Crippen LogP contribution in [0.1, 0.15) is 24.2 Å². The number of carbonyl (C=O) groups is 1. The van der Waals surface area contributed by atoms with Crippen LogP contribution in [0.5, 0.6) is 0 Å². The number of nitrogens with zero attached hydrogens (tertiary/aromatic N) is 1. The number of carbonyl (C=O) groups excluding carboxylic acids is 1. The van der Waals surface area contributed by atoms with Crippen molar-refractivity contribution in [3.8, 4) is 0 Å². The van der Waals surface area contributed by atoms with Crippen LogP contribution in [0, 0.1) is 17.5 Å². The first-order chi connectivity index (χ1) is 8.11. The van der Waals surface area contributed by atoms with E-state index in [1.165, 1.54) is 20.9 Å². The van der Waals surface area contributed by atoms with Crippen LogP contribution in [-0.4, -0.2) is 35.1 Å². The van der Waals surface area contributed by atoms with E-state index in [1.54, 1.807) is 0 Å². The average molecular weight is 261 g/mol. The molecule has 1 amide bonds. The first kappa shape index (κ1) is 14.5. The molecule has 1 aromatic carbocycles. The molecule has 0 saturated heterocycles. The maximum atomic E-state index is 13.0. The van der Waals surface area contributed by atoms with Gasteiger partial charge >= 0.3 is 0 Å². The van der Waals surface area contributed by atoms with Crippen LogP contribution in [0.4, 0.5) is 13.2 Å². The number of rotatable bonds is 3. The van der Waals surface area contributed by atoms with Crippen LogP contribution in [-0.2, 0) is 0 Å². The predicted molar refractivity (Wildman–Crippen MR) is 59.6 cm³/mol. The third-order valence-corrected chi connectivity index (χ3v) is 2.20. The summed E-state index contributed by atoms with van der Waals surface area (Å²) < 4.78 is 38.7. The Bertz CT molecular complexity index is 446. The van der Waals surface area contributed by atoms with E-state index in [0.717, 1.165) is 4.90 Å². The van der Waals surface area contributed by atoms with Crippen molar-refractivity contribution in [2.75, 3.05) is 13.6 Å². The van der Waals surface area contributed by atoms with Gasteiger partial charge in [0, 0.05) is 19.2 Å². The Kier molecular flexibility index (Phi) is 4.01. The molecule has 0 aromatic heterocycles. The van der Waals surface area contributed by atoms with Gasteiger partial charge in [0.15, 0.2) is 17.5 Å². The Balaban J connectivity index is 2.98. The minimum Gasteiger partial charge on any atom is -0.389 e. The van der Waals surface area contributed by atoms with Crippen molar-refractivity contribution in [1.29, 1.82) is 0 Å². The van der Waals surface area contributed by atoms with Crippen molar-refractivity contribution >= 4 is 5.91 Å². The van der Waals surface area contributed by atoms with E-state index < -0.39 is 29.0 Å². The van der Waals surface area contributed by atoms with Crippen LogP contribution in [0.2, 0.25) is 0 Å². The summed E-state index contributed by atoms with van der Waals surface area (Å²) in [4.78, 5) is 12.9. The molecule has 0 atom stereocenters. The molecule has 0 bridgehead atoms. The molecule has 0 heterocycles. The zero-order valence-corrected chi connectivity index (χ0v) is 10.3. The lowest BCUT2D eigenvalue weighted by atomic mass is 10.1. The fourth-order valence-electron chi connectivity index (χ4n) is 1.55. The number of likely N-dealkylation sites (N-methyl/N-ethyl adjacent to an activating group) is 1. The summed E-state index contributed by atoms with van der Waals surface area (Å²) in [6.45, 7) is 2.96. The van der Waals surface area contributed by atoms with E-state index in [4.69, 9.17) is 0 Å². The predicted octanol–water partition coefficient (Wildman–Crippen LogP) is 1.95. The molecule has 0 radical (unpaired) electrons. The smallest absolute Gasteiger partial charge is 0.253 e. The monoisotopic (exact) mass is 261 g/mol. The number of amides is 1. The summed E-state index contributed by atoms with van der Waals surface area (Å²) in [6.07, 6.45) is 0. The van der Waals surface area contributed by atoms with Gasteiger partial charge in [-0.05, 0) is 26.0 Å². The molecule has 3 nitrogen and oxygen atoms in total. The van der Waals surface area contributed by atoms with Crippen LogP contribution in [0.15, 0.2) is 12.1 Å². The molecule has 0 aliphatic rings. The van der Waals surface area contributed by atoms with Crippen LogP contribution < -0.4 is 0 Å². The normalized spacial score (nSPS) is 11.5. The lowest BCUT2D eigenvalue weighted by Crippen LogP contribution is -2.39. The van der Waals surface area contributed by atoms with Gasteiger partial charge in [-0.1, -0.05) is 0 Å². The van der Waals surface area contributed by atoms with Gasteiger partial charge in [-0.25, -0.2) is 13.2 Å². The molecule has 18 heavy (non-hydrogen) atoms. The molecule has 0 unspecified atom stereocenters. The molecule has 0 spiro atoms. The summed E-state index contributed by atoms with van der Waals surface area (Å²) >= 11 is 0. The van der Waals surface area contributed by atoms with E-state index in [2.05, 4.69) is 0 Å². The zero-order valence-electron chi connectivity index (χ0n) is 10.3. The Morgan fingerprint density at radius 3 is 2.11 bits per heavy atom. The van der Waals surface area contributed by atoms with Gasteiger partial charge in [0.25, 0.3) is 5.91 Å². The minimum atomic E-state index is -1.61. The number of hydrogen-bond donors (Lipinski definition) is 1. The van der Waals surface area contributed by atoms with Crippen molar-refractivity contribution in [2.45, 2.75) is 19.4 Å². The summed E-state index contributed by atoms with van der Waals surface area (Å²) in [7, 11) is 1.37. The highest BCUT2D eigenvalue weighted by Gasteiger charge is 2.22. The van der Waals surface area contributed by atoms with E-state index >= 15 is 0 Å². The van der Waals surface area contributed by atoms with Crippen molar-refractivity contribution in [2.24, 2.45) is 0 Å². The van der Waals surface area contributed by atoms with Crippen LogP contribution in [0.25, 0.3) is 0 Å². The number of aliphatic hydroxyl groups is 1. The van der Waals surface area contributed by atoms with Gasteiger partial charge in [0.05, 0.1) is 5.60 Å². The SMILES string of the molecule is CN(CC(C)(C)O)C(=O)c1cc(F)c(F)c(F)c1. The zero-order chi connectivity index (χ0) is 14.1. The standard InChI is InChI=1S/C12H14F3NO2/c1-12(2,18)6-16(3)11(17)7-4-8(13)10(15)9(14)5-7/h4-5,18H,6H2,1-3H3. The largest absolute Gasteiger partial charge is 0.389 e. The molecule has 6 heteroatoms. The van der Waals surface area contributed by atoms with E-state index in [9.17, 15) is 23.1 Å². The van der Waals surface area contributed by atoms with Crippen LogP contribution >= 0.6 is 0 Å². The highest BCUT2D eigenvalue weighted by Crippen LogP contribution is 2.15. The van der Waals surface area contributed by atoms with Gasteiger partial charge in [0.2, 0.25) is 0 Å². The molecule has 1 aromatic rings. The Labute approximate surface area is 103 Å². The maximum Gasteiger partial charge on any atom is 0.253 e. The lowest BCUT2D eigenvalue weighted by Gasteiger charge is -2.25. The van der Waals surface area contributed by atoms with Crippen molar-refractivity contribution in [1.82, 2.24) is 4.90 Å². The van der Waals surface area contributed by atoms with E-state index in [0.29, 0.717) is 12.1 Å². The summed E-state index contributed by atoms with van der Waals surface area (Å²) in [5.41, 5.74) is -1.44. The van der Waals surface area contributed by atoms with E-state index in [1.807, 2.05) is 0 Å². The first-order valence-corrected chi connectivity index (χ1v) is 5.24. The van der Waals surface area contributed by atoms with Gasteiger partial charge in [0.1, 0.15) is 0 Å². The highest BCUT2D eigenvalue weighted by molar-refractivity contribution is 5.94. The molecule has 1 rings (SSSR count). The second-order valence-electron chi connectivity index (χ2n) is 4.73.